The second-order valence-electron chi connectivity index (χ2n) is 10.5. The second kappa shape index (κ2) is 8.61. The van der Waals surface area contributed by atoms with Crippen molar-refractivity contribution in [2.24, 2.45) is 0 Å². The average molecular weight is 527 g/mol. The van der Waals surface area contributed by atoms with Crippen LogP contribution in [0.2, 0.25) is 0 Å². The van der Waals surface area contributed by atoms with Crippen molar-refractivity contribution in [2.75, 3.05) is 31.5 Å². The predicted molar refractivity (Wildman–Crippen MR) is 148 cm³/mol. The van der Waals surface area contributed by atoms with Crippen LogP contribution < -0.4 is 24.4 Å². The number of allylic oxidation sites excluding steroid dienone is 1. The van der Waals surface area contributed by atoms with Gasteiger partial charge in [-0.2, -0.15) is 0 Å². The predicted octanol–water partition coefficient (Wildman–Crippen LogP) is 5.28. The van der Waals surface area contributed by atoms with Gasteiger partial charge in [-0.15, -0.1) is 0 Å². The van der Waals surface area contributed by atoms with E-state index in [1.165, 1.54) is 21.3 Å². The minimum atomic E-state index is -1.46. The molecule has 0 aromatic heterocycles. The van der Waals surface area contributed by atoms with Gasteiger partial charge in [0.1, 0.15) is 0 Å². The zero-order valence-corrected chi connectivity index (χ0v) is 22.8. The molecule has 0 aliphatic carbocycles. The zero-order chi connectivity index (χ0) is 27.7. The maximum atomic E-state index is 14.3. The number of carbonyl (C=O) groups excluding carboxylic acids is 2. The molecular formula is C31H30N2O6. The number of anilines is 2. The lowest BCUT2D eigenvalue weighted by atomic mass is 9.86. The number of benzene rings is 3. The smallest absolute Gasteiger partial charge is 0.286 e. The molecule has 3 aliphatic rings. The van der Waals surface area contributed by atoms with Gasteiger partial charge in [0, 0.05) is 33.5 Å². The Labute approximate surface area is 227 Å². The Morgan fingerprint density at radius 1 is 0.974 bits per heavy atom. The first kappa shape index (κ1) is 25.0. The summed E-state index contributed by atoms with van der Waals surface area (Å²) in [5.41, 5.74) is 3.71. The van der Waals surface area contributed by atoms with E-state index in [-0.39, 0.29) is 18.3 Å². The van der Waals surface area contributed by atoms with E-state index in [9.17, 15) is 9.59 Å². The summed E-state index contributed by atoms with van der Waals surface area (Å²) in [6.07, 6.45) is 2.06. The highest BCUT2D eigenvalue weighted by Gasteiger charge is 2.59. The monoisotopic (exact) mass is 526 g/mol. The third kappa shape index (κ3) is 3.48. The summed E-state index contributed by atoms with van der Waals surface area (Å²) < 4.78 is 22.8. The largest absolute Gasteiger partial charge is 0.493 e. The molecule has 0 saturated heterocycles. The summed E-state index contributed by atoms with van der Waals surface area (Å²) in [4.78, 5) is 30.0. The van der Waals surface area contributed by atoms with Crippen LogP contribution in [0.3, 0.4) is 0 Å². The first-order chi connectivity index (χ1) is 18.6. The minimum absolute atomic E-state index is 0.209. The van der Waals surface area contributed by atoms with Gasteiger partial charge >= 0.3 is 0 Å². The van der Waals surface area contributed by atoms with Crippen LogP contribution in [-0.2, 0) is 21.9 Å². The topological polar surface area (TPSA) is 86.3 Å². The number of hydrogen-bond donors (Lipinski definition) is 1. The van der Waals surface area contributed by atoms with Crippen molar-refractivity contribution in [2.45, 2.75) is 38.6 Å². The quantitative estimate of drug-likeness (QED) is 0.453. The number of amides is 1. The minimum Gasteiger partial charge on any atom is -0.493 e. The molecule has 0 bridgehead atoms. The fraction of sp³-hybridized carbons (Fsp3) is 0.290. The fourth-order valence-corrected chi connectivity index (χ4v) is 5.99. The maximum Gasteiger partial charge on any atom is 0.286 e. The van der Waals surface area contributed by atoms with Crippen molar-refractivity contribution >= 4 is 28.6 Å². The van der Waals surface area contributed by atoms with Gasteiger partial charge in [-0.25, -0.2) is 0 Å². The molecule has 0 unspecified atom stereocenters. The second-order valence-corrected chi connectivity index (χ2v) is 10.5. The zero-order valence-electron chi connectivity index (χ0n) is 22.8. The van der Waals surface area contributed by atoms with E-state index in [2.05, 4.69) is 11.4 Å². The molecule has 1 amide bonds. The highest BCUT2D eigenvalue weighted by atomic mass is 16.5. The number of carbonyl (C=O) groups is 2. The molecule has 1 atom stereocenters. The van der Waals surface area contributed by atoms with E-state index in [0.29, 0.717) is 33.9 Å². The van der Waals surface area contributed by atoms with Crippen LogP contribution >= 0.6 is 0 Å². The van der Waals surface area contributed by atoms with Gasteiger partial charge in [-0.1, -0.05) is 24.3 Å². The molecule has 1 N–H and O–H groups in total. The Balaban J connectivity index is 1.56. The third-order valence-electron chi connectivity index (χ3n) is 7.75. The van der Waals surface area contributed by atoms with Crippen molar-refractivity contribution < 1.29 is 28.5 Å². The number of ether oxygens (including phenoxy) is 4. The van der Waals surface area contributed by atoms with Crippen molar-refractivity contribution in [3.8, 4) is 17.2 Å². The Hall–Kier alpha value is -4.30. The van der Waals surface area contributed by atoms with Crippen LogP contribution in [0.1, 0.15) is 53.4 Å². The molecule has 39 heavy (non-hydrogen) atoms. The van der Waals surface area contributed by atoms with Crippen LogP contribution in [0.5, 0.6) is 17.2 Å². The van der Waals surface area contributed by atoms with Crippen LogP contribution in [0.4, 0.5) is 11.4 Å². The average Bonchev–Trinajstić information content (AvgIpc) is 3.18. The van der Waals surface area contributed by atoms with Gasteiger partial charge in [0.15, 0.2) is 17.3 Å². The van der Waals surface area contributed by atoms with E-state index in [1.807, 2.05) is 51.1 Å². The number of ketones is 1. The molecule has 3 aromatic rings. The van der Waals surface area contributed by atoms with Crippen LogP contribution in [0.15, 0.2) is 54.6 Å². The van der Waals surface area contributed by atoms with E-state index >= 15 is 0 Å². The Bertz CT molecular complexity index is 1560. The van der Waals surface area contributed by atoms with Gasteiger partial charge < -0.3 is 24.3 Å². The van der Waals surface area contributed by atoms with Gasteiger partial charge in [0.05, 0.1) is 39.2 Å². The number of nitrogens with one attached hydrogen (secondary N) is 1. The van der Waals surface area contributed by atoms with Gasteiger partial charge in [-0.3, -0.25) is 14.5 Å². The van der Waals surface area contributed by atoms with Crippen molar-refractivity contribution in [3.63, 3.8) is 0 Å². The Morgan fingerprint density at radius 3 is 2.31 bits per heavy atom. The lowest BCUT2D eigenvalue weighted by molar-refractivity contribution is -0.143. The molecule has 0 saturated carbocycles. The molecule has 0 radical (unpaired) electrons. The van der Waals surface area contributed by atoms with E-state index in [0.717, 1.165) is 28.1 Å². The molecule has 3 heterocycles. The maximum absolute atomic E-state index is 14.3. The fourth-order valence-electron chi connectivity index (χ4n) is 5.99. The third-order valence-corrected chi connectivity index (χ3v) is 7.75. The summed E-state index contributed by atoms with van der Waals surface area (Å²) in [5.74, 6) is 0.710. The van der Waals surface area contributed by atoms with Crippen LogP contribution in [0.25, 0.3) is 5.57 Å². The van der Waals surface area contributed by atoms with Crippen molar-refractivity contribution in [3.05, 3.63) is 82.4 Å². The molecular weight excluding hydrogens is 496 g/mol. The number of hydrogen-bond acceptors (Lipinski definition) is 7. The molecule has 200 valence electrons. The van der Waals surface area contributed by atoms with Gasteiger partial charge in [-0.05, 0) is 56.7 Å². The molecule has 8 heteroatoms. The molecule has 8 nitrogen and oxygen atoms in total. The molecule has 0 fully saturated rings. The number of nitrogens with zero attached hydrogens (tertiary/aromatic N) is 1. The lowest BCUT2D eigenvalue weighted by Crippen LogP contribution is -2.55. The summed E-state index contributed by atoms with van der Waals surface area (Å²) in [5, 5.41) is 3.40. The highest BCUT2D eigenvalue weighted by Crippen LogP contribution is 2.54. The summed E-state index contributed by atoms with van der Waals surface area (Å²) >= 11 is 0. The van der Waals surface area contributed by atoms with Gasteiger partial charge in [0.2, 0.25) is 11.5 Å². The number of methoxy groups -OCH3 is 3. The summed E-state index contributed by atoms with van der Waals surface area (Å²) in [7, 11) is 4.53. The number of rotatable bonds is 5. The van der Waals surface area contributed by atoms with Crippen molar-refractivity contribution in [1.29, 1.82) is 0 Å². The summed E-state index contributed by atoms with van der Waals surface area (Å²) in [6, 6.07) is 14.7. The van der Waals surface area contributed by atoms with Gasteiger partial charge in [0.25, 0.3) is 5.91 Å². The normalized spacial score (nSPS) is 20.1. The molecule has 3 aliphatic heterocycles. The van der Waals surface area contributed by atoms with Crippen molar-refractivity contribution in [1.82, 2.24) is 0 Å². The van der Waals surface area contributed by atoms with Crippen LogP contribution in [0, 0.1) is 0 Å². The Kier molecular flexibility index (Phi) is 5.52. The standard InChI is InChI=1S/C31H30N2O6/c1-17-15-30(2,3)33-26-21(17)11-19(27(34)20-13-24(36-4)28(38-6)25(14-20)37-5)12-22(26)31(29(33)35)32-23-10-8-7-9-18(23)16-39-31/h7-15,32H,16H2,1-6H3/t31-/m1/s1. The molecule has 6 rings (SSSR count). The lowest BCUT2D eigenvalue weighted by Gasteiger charge is -2.40. The first-order valence-electron chi connectivity index (χ1n) is 12.7. The van der Waals surface area contributed by atoms with E-state index < -0.39 is 11.3 Å². The van der Waals surface area contributed by atoms with E-state index in [4.69, 9.17) is 18.9 Å². The Morgan fingerprint density at radius 2 is 1.64 bits per heavy atom. The first-order valence-corrected chi connectivity index (χ1v) is 12.7. The summed E-state index contributed by atoms with van der Waals surface area (Å²) in [6.45, 7) is 6.27. The number of para-hydroxylation sites is 1. The molecule has 1 spiro atoms. The molecule has 3 aromatic carbocycles. The highest BCUT2D eigenvalue weighted by molar-refractivity contribution is 6.16. The van der Waals surface area contributed by atoms with Crippen LogP contribution in [-0.4, -0.2) is 38.6 Å². The SMILES string of the molecule is COc1cc(C(=O)c2cc3c4c(c2)[C@]2(Nc5ccccc5CO2)C(=O)N4C(C)(C)C=C3C)cc(OC)c1OC. The van der Waals surface area contributed by atoms with E-state index in [1.54, 1.807) is 23.1 Å². The number of fused-ring (bicyclic) bond motifs is 2.